The van der Waals surface area contributed by atoms with Gasteiger partial charge in [0.15, 0.2) is 0 Å². The Morgan fingerprint density at radius 3 is 2.57 bits per heavy atom. The second-order valence-electron chi connectivity index (χ2n) is 5.98. The highest BCUT2D eigenvalue weighted by Gasteiger charge is 2.26. The molecule has 0 unspecified atom stereocenters. The summed E-state index contributed by atoms with van der Waals surface area (Å²) in [6.45, 7) is 3.48. The third-order valence-corrected chi connectivity index (χ3v) is 4.67. The molecule has 0 bridgehead atoms. The van der Waals surface area contributed by atoms with Crippen LogP contribution < -0.4 is 10.6 Å². The number of primary amides is 1. The smallest absolute Gasteiger partial charge is 0.220 e. The van der Waals surface area contributed by atoms with Crippen LogP contribution in [-0.4, -0.2) is 33.8 Å². The van der Waals surface area contributed by atoms with Crippen LogP contribution in [0.1, 0.15) is 18.5 Å². The molecule has 1 aliphatic heterocycles. The number of carbonyl (C=O) groups is 1. The molecule has 0 radical (unpaired) electrons. The van der Waals surface area contributed by atoms with Gasteiger partial charge in [-0.1, -0.05) is 11.6 Å². The summed E-state index contributed by atoms with van der Waals surface area (Å²) in [5, 5.41) is 5.02. The van der Waals surface area contributed by atoms with Crippen LogP contribution in [-0.2, 0) is 11.8 Å². The van der Waals surface area contributed by atoms with Crippen molar-refractivity contribution in [1.82, 2.24) is 14.8 Å². The van der Waals surface area contributed by atoms with E-state index in [2.05, 4.69) is 15.0 Å². The zero-order valence-corrected chi connectivity index (χ0v) is 14.0. The molecule has 0 spiro atoms. The van der Waals surface area contributed by atoms with Gasteiger partial charge in [0.05, 0.1) is 16.4 Å². The van der Waals surface area contributed by atoms with Gasteiger partial charge in [-0.2, -0.15) is 5.10 Å². The number of nitrogens with two attached hydrogens (primary N) is 1. The number of halogens is 1. The molecule has 1 saturated heterocycles. The first-order chi connectivity index (χ1) is 11.0. The maximum atomic E-state index is 11.4. The maximum absolute atomic E-state index is 11.4. The molecule has 1 fully saturated rings. The van der Waals surface area contributed by atoms with Crippen molar-refractivity contribution < 1.29 is 4.79 Å². The van der Waals surface area contributed by atoms with Crippen molar-refractivity contribution in [3.05, 3.63) is 29.3 Å². The lowest BCUT2D eigenvalue weighted by molar-refractivity contribution is -0.122. The molecular formula is C16H20ClN5O. The Morgan fingerprint density at radius 1 is 1.30 bits per heavy atom. The second-order valence-corrected chi connectivity index (χ2v) is 6.39. The lowest BCUT2D eigenvalue weighted by Gasteiger charge is -2.34. The lowest BCUT2D eigenvalue weighted by Crippen LogP contribution is -2.38. The number of aryl methyl sites for hydroxylation is 2. The van der Waals surface area contributed by atoms with Gasteiger partial charge < -0.3 is 10.6 Å². The molecule has 7 heteroatoms. The highest BCUT2D eigenvalue weighted by molar-refractivity contribution is 6.33. The van der Waals surface area contributed by atoms with E-state index in [0.29, 0.717) is 5.02 Å². The molecule has 0 aromatic carbocycles. The number of carbonyl (C=O) groups excluding carboxylic acids is 1. The number of hydrogen-bond acceptors (Lipinski definition) is 4. The Bertz CT molecular complexity index is 734. The average Bonchev–Trinajstić information content (AvgIpc) is 2.85. The summed E-state index contributed by atoms with van der Waals surface area (Å²) in [6.07, 6.45) is 6.96. The van der Waals surface area contributed by atoms with E-state index in [1.54, 1.807) is 10.9 Å². The summed E-state index contributed by atoms with van der Waals surface area (Å²) >= 11 is 6.45. The summed E-state index contributed by atoms with van der Waals surface area (Å²) < 4.78 is 1.79. The van der Waals surface area contributed by atoms with Crippen LogP contribution in [0, 0.1) is 12.8 Å². The molecule has 1 amide bonds. The van der Waals surface area contributed by atoms with Gasteiger partial charge in [-0.15, -0.1) is 0 Å². The first kappa shape index (κ1) is 15.8. The number of amides is 1. The molecule has 3 heterocycles. The van der Waals surface area contributed by atoms with Crippen molar-refractivity contribution in [3.8, 4) is 11.1 Å². The zero-order valence-electron chi connectivity index (χ0n) is 13.3. The summed E-state index contributed by atoms with van der Waals surface area (Å²) in [5.41, 5.74) is 9.31. The molecule has 1 aliphatic rings. The maximum Gasteiger partial charge on any atom is 0.220 e. The van der Waals surface area contributed by atoms with Crippen molar-refractivity contribution in [2.24, 2.45) is 18.7 Å². The molecule has 3 rings (SSSR count). The minimum absolute atomic E-state index is 0.0459. The second kappa shape index (κ2) is 6.20. The van der Waals surface area contributed by atoms with Crippen molar-refractivity contribution in [2.75, 3.05) is 18.0 Å². The quantitative estimate of drug-likeness (QED) is 0.933. The zero-order chi connectivity index (χ0) is 16.6. The normalized spacial score (nSPS) is 15.9. The van der Waals surface area contributed by atoms with E-state index in [9.17, 15) is 4.79 Å². The monoisotopic (exact) mass is 333 g/mol. The molecule has 2 aromatic rings. The van der Waals surface area contributed by atoms with Gasteiger partial charge in [-0.3, -0.25) is 14.5 Å². The van der Waals surface area contributed by atoms with Crippen LogP contribution >= 0.6 is 11.6 Å². The van der Waals surface area contributed by atoms with Crippen LogP contribution in [0.15, 0.2) is 18.6 Å². The Kier molecular flexibility index (Phi) is 4.26. The van der Waals surface area contributed by atoms with Crippen LogP contribution in [0.2, 0.25) is 5.02 Å². The van der Waals surface area contributed by atoms with Crippen molar-refractivity contribution in [3.63, 3.8) is 0 Å². The highest BCUT2D eigenvalue weighted by Crippen LogP contribution is 2.38. The Balaban J connectivity index is 1.97. The fourth-order valence-electron chi connectivity index (χ4n) is 3.20. The summed E-state index contributed by atoms with van der Waals surface area (Å²) in [5.74, 6) is -0.260. The number of aromatic nitrogens is 3. The van der Waals surface area contributed by atoms with E-state index in [4.69, 9.17) is 17.3 Å². The number of pyridine rings is 1. The lowest BCUT2D eigenvalue weighted by atomic mass is 9.95. The molecular weight excluding hydrogens is 314 g/mol. The number of rotatable bonds is 3. The Morgan fingerprint density at radius 2 is 2.00 bits per heavy atom. The number of anilines is 1. The van der Waals surface area contributed by atoms with Gasteiger partial charge in [-0.05, 0) is 19.8 Å². The van der Waals surface area contributed by atoms with Crippen LogP contribution in [0.3, 0.4) is 0 Å². The third kappa shape index (κ3) is 3.03. The van der Waals surface area contributed by atoms with Crippen LogP contribution in [0.5, 0.6) is 0 Å². The van der Waals surface area contributed by atoms with E-state index < -0.39 is 0 Å². The molecule has 0 saturated carbocycles. The highest BCUT2D eigenvalue weighted by atomic mass is 35.5. The first-order valence-electron chi connectivity index (χ1n) is 7.65. The minimum atomic E-state index is -0.214. The standard InChI is InChI=1S/C16H20ClN5O/c1-10-13(9-21(2)20-10)12-7-19-8-14(17)15(12)22-5-3-11(4-6-22)16(18)23/h7-9,11H,3-6H2,1-2H3,(H2,18,23). The average molecular weight is 334 g/mol. The van der Waals surface area contributed by atoms with E-state index in [1.807, 2.05) is 26.4 Å². The predicted octanol–water partition coefficient (Wildman–Crippen LogP) is 2.15. The van der Waals surface area contributed by atoms with Crippen LogP contribution in [0.25, 0.3) is 11.1 Å². The molecule has 2 aromatic heterocycles. The molecule has 2 N–H and O–H groups in total. The van der Waals surface area contributed by atoms with Gasteiger partial charge in [0.25, 0.3) is 0 Å². The Labute approximate surface area is 140 Å². The predicted molar refractivity (Wildman–Crippen MR) is 90.3 cm³/mol. The molecule has 23 heavy (non-hydrogen) atoms. The third-order valence-electron chi connectivity index (χ3n) is 4.39. The van der Waals surface area contributed by atoms with Gasteiger partial charge in [0, 0.05) is 55.8 Å². The fraction of sp³-hybridized carbons (Fsp3) is 0.438. The molecule has 122 valence electrons. The largest absolute Gasteiger partial charge is 0.370 e. The van der Waals surface area contributed by atoms with E-state index >= 15 is 0 Å². The van der Waals surface area contributed by atoms with Gasteiger partial charge in [-0.25, -0.2) is 0 Å². The fourth-order valence-corrected chi connectivity index (χ4v) is 3.48. The topological polar surface area (TPSA) is 77.0 Å². The van der Waals surface area contributed by atoms with Crippen molar-refractivity contribution in [2.45, 2.75) is 19.8 Å². The first-order valence-corrected chi connectivity index (χ1v) is 8.03. The van der Waals surface area contributed by atoms with Gasteiger partial charge in [0.1, 0.15) is 0 Å². The van der Waals surface area contributed by atoms with E-state index in [0.717, 1.165) is 48.4 Å². The number of piperidine rings is 1. The summed E-state index contributed by atoms with van der Waals surface area (Å²) in [6, 6.07) is 0. The molecule has 0 aliphatic carbocycles. The van der Waals surface area contributed by atoms with Crippen molar-refractivity contribution >= 4 is 23.2 Å². The SMILES string of the molecule is Cc1nn(C)cc1-c1cncc(Cl)c1N1CCC(C(N)=O)CC1. The Hall–Kier alpha value is -2.08. The summed E-state index contributed by atoms with van der Waals surface area (Å²) in [7, 11) is 1.90. The van der Waals surface area contributed by atoms with Crippen molar-refractivity contribution in [1.29, 1.82) is 0 Å². The number of hydrogen-bond donors (Lipinski definition) is 1. The summed E-state index contributed by atoms with van der Waals surface area (Å²) in [4.78, 5) is 17.8. The van der Waals surface area contributed by atoms with E-state index in [1.165, 1.54) is 0 Å². The van der Waals surface area contributed by atoms with Crippen LogP contribution in [0.4, 0.5) is 5.69 Å². The van der Waals surface area contributed by atoms with Gasteiger partial charge in [0.2, 0.25) is 5.91 Å². The molecule has 0 atom stereocenters. The van der Waals surface area contributed by atoms with E-state index in [-0.39, 0.29) is 11.8 Å². The van der Waals surface area contributed by atoms with Gasteiger partial charge >= 0.3 is 0 Å². The number of nitrogens with zero attached hydrogens (tertiary/aromatic N) is 4. The molecule has 6 nitrogen and oxygen atoms in total. The minimum Gasteiger partial charge on any atom is -0.370 e.